The highest BCUT2D eigenvalue weighted by Crippen LogP contribution is 2.18. The van der Waals surface area contributed by atoms with E-state index in [1.165, 1.54) is 55.2 Å². The van der Waals surface area contributed by atoms with Crippen molar-refractivity contribution in [1.82, 2.24) is 14.2 Å². The quantitative estimate of drug-likeness (QED) is 0.660. The standard InChI is InChI=1S/C18H22FN3O5S/c1-4-27-18(24)16-9-15(11-21(16)2)28(25,26)22(3)12-17(23)20-10-13-5-7-14(19)8-6-13/h5-9,11H,4,10,12H2,1-3H3,(H,20,23). The molecule has 0 saturated carbocycles. The molecule has 1 aromatic heterocycles. The Balaban J connectivity index is 2.03. The smallest absolute Gasteiger partial charge is 0.354 e. The van der Waals surface area contributed by atoms with Crippen LogP contribution in [-0.4, -0.2) is 49.4 Å². The number of ether oxygens (including phenoxy) is 1. The number of aryl methyl sites for hydroxylation is 1. The molecule has 10 heteroatoms. The van der Waals surface area contributed by atoms with E-state index in [2.05, 4.69) is 5.32 Å². The Kier molecular flexibility index (Phi) is 6.92. The highest BCUT2D eigenvalue weighted by Gasteiger charge is 2.26. The number of rotatable bonds is 8. The highest BCUT2D eigenvalue weighted by atomic mass is 32.2. The van der Waals surface area contributed by atoms with Crippen LogP contribution >= 0.6 is 0 Å². The first-order valence-electron chi connectivity index (χ1n) is 8.46. The highest BCUT2D eigenvalue weighted by molar-refractivity contribution is 7.89. The largest absolute Gasteiger partial charge is 0.461 e. The zero-order chi connectivity index (χ0) is 20.9. The summed E-state index contributed by atoms with van der Waals surface area (Å²) in [6, 6.07) is 6.80. The fourth-order valence-electron chi connectivity index (χ4n) is 2.41. The SMILES string of the molecule is CCOC(=O)c1cc(S(=O)(=O)N(C)CC(=O)NCc2ccc(F)cc2)cn1C. The number of esters is 1. The molecule has 0 atom stereocenters. The van der Waals surface area contributed by atoms with Gasteiger partial charge in [-0.05, 0) is 30.7 Å². The van der Waals surface area contributed by atoms with Crippen molar-refractivity contribution in [2.24, 2.45) is 7.05 Å². The lowest BCUT2D eigenvalue weighted by atomic mass is 10.2. The van der Waals surface area contributed by atoms with E-state index in [4.69, 9.17) is 4.74 Å². The summed E-state index contributed by atoms with van der Waals surface area (Å²) in [5.41, 5.74) is 0.775. The molecule has 1 aromatic carbocycles. The average Bonchev–Trinajstić information content (AvgIpc) is 3.04. The van der Waals surface area contributed by atoms with Crippen molar-refractivity contribution in [2.75, 3.05) is 20.2 Å². The summed E-state index contributed by atoms with van der Waals surface area (Å²) in [6.45, 7) is 1.55. The number of carbonyl (C=O) groups excluding carboxylic acids is 2. The van der Waals surface area contributed by atoms with E-state index in [0.29, 0.717) is 5.56 Å². The van der Waals surface area contributed by atoms with Gasteiger partial charge in [-0.2, -0.15) is 4.31 Å². The normalized spacial score (nSPS) is 11.5. The van der Waals surface area contributed by atoms with E-state index < -0.39 is 28.4 Å². The molecule has 0 aliphatic carbocycles. The van der Waals surface area contributed by atoms with Crippen molar-refractivity contribution in [2.45, 2.75) is 18.4 Å². The van der Waals surface area contributed by atoms with Crippen LogP contribution in [0.4, 0.5) is 4.39 Å². The summed E-state index contributed by atoms with van der Waals surface area (Å²) in [7, 11) is -1.18. The minimum absolute atomic E-state index is 0.0922. The lowest BCUT2D eigenvalue weighted by molar-refractivity contribution is -0.121. The number of likely N-dealkylation sites (N-methyl/N-ethyl adjacent to an activating group) is 1. The van der Waals surface area contributed by atoms with Crippen LogP contribution in [0.3, 0.4) is 0 Å². The van der Waals surface area contributed by atoms with Gasteiger partial charge in [0.05, 0.1) is 13.2 Å². The molecule has 2 rings (SSSR count). The maximum atomic E-state index is 12.9. The molecular formula is C18H22FN3O5S. The fourth-order valence-corrected chi connectivity index (χ4v) is 3.61. The number of sulfonamides is 1. The van der Waals surface area contributed by atoms with Crippen molar-refractivity contribution >= 4 is 21.9 Å². The van der Waals surface area contributed by atoms with Crippen molar-refractivity contribution in [3.63, 3.8) is 0 Å². The van der Waals surface area contributed by atoms with E-state index >= 15 is 0 Å². The van der Waals surface area contributed by atoms with E-state index in [-0.39, 0.29) is 29.6 Å². The third-order valence-corrected chi connectivity index (χ3v) is 5.71. The van der Waals surface area contributed by atoms with Gasteiger partial charge in [0.25, 0.3) is 0 Å². The Morgan fingerprint density at radius 3 is 2.50 bits per heavy atom. The number of amides is 1. The molecule has 28 heavy (non-hydrogen) atoms. The van der Waals surface area contributed by atoms with Gasteiger partial charge in [-0.15, -0.1) is 0 Å². The third kappa shape index (κ3) is 5.17. The average molecular weight is 411 g/mol. The molecule has 8 nitrogen and oxygen atoms in total. The molecule has 0 fully saturated rings. The van der Waals surface area contributed by atoms with Gasteiger partial charge in [0.2, 0.25) is 15.9 Å². The molecule has 2 aromatic rings. The van der Waals surface area contributed by atoms with E-state index in [1.807, 2.05) is 0 Å². The summed E-state index contributed by atoms with van der Waals surface area (Å²) in [6.07, 6.45) is 1.29. The number of nitrogens with one attached hydrogen (secondary N) is 1. The molecule has 0 aliphatic heterocycles. The number of carbonyl (C=O) groups is 2. The van der Waals surface area contributed by atoms with Crippen LogP contribution in [0, 0.1) is 5.82 Å². The van der Waals surface area contributed by atoms with Gasteiger partial charge in [0, 0.05) is 26.8 Å². The van der Waals surface area contributed by atoms with Gasteiger partial charge in [0.15, 0.2) is 0 Å². The Labute approximate surface area is 162 Å². The molecule has 0 unspecified atom stereocenters. The molecule has 0 saturated heterocycles. The summed E-state index contributed by atoms with van der Waals surface area (Å²) < 4.78 is 45.3. The maximum absolute atomic E-state index is 12.9. The second-order valence-corrected chi connectivity index (χ2v) is 8.10. The number of hydrogen-bond acceptors (Lipinski definition) is 5. The van der Waals surface area contributed by atoms with Crippen LogP contribution in [0.2, 0.25) is 0 Å². The topological polar surface area (TPSA) is 97.7 Å². The summed E-state index contributed by atoms with van der Waals surface area (Å²) in [5.74, 6) is -1.53. The van der Waals surface area contributed by atoms with Crippen LogP contribution in [0.5, 0.6) is 0 Å². The molecule has 0 bridgehead atoms. The van der Waals surface area contributed by atoms with Gasteiger partial charge >= 0.3 is 5.97 Å². The molecule has 0 radical (unpaired) electrons. The van der Waals surface area contributed by atoms with E-state index in [9.17, 15) is 22.4 Å². The van der Waals surface area contributed by atoms with E-state index in [1.54, 1.807) is 6.92 Å². The molecule has 0 spiro atoms. The lowest BCUT2D eigenvalue weighted by Gasteiger charge is -2.16. The second kappa shape index (κ2) is 8.98. The van der Waals surface area contributed by atoms with Crippen molar-refractivity contribution in [3.8, 4) is 0 Å². The van der Waals surface area contributed by atoms with Crippen LogP contribution in [-0.2, 0) is 33.1 Å². The first-order valence-corrected chi connectivity index (χ1v) is 9.90. The first kappa shape index (κ1) is 21.6. The van der Waals surface area contributed by atoms with Crippen molar-refractivity contribution < 1.29 is 27.1 Å². The third-order valence-electron chi connectivity index (χ3n) is 3.94. The molecular weight excluding hydrogens is 389 g/mol. The zero-order valence-electron chi connectivity index (χ0n) is 15.8. The summed E-state index contributed by atoms with van der Waals surface area (Å²) in [5, 5.41) is 2.58. The molecule has 0 aliphatic rings. The molecule has 1 amide bonds. The van der Waals surface area contributed by atoms with Crippen molar-refractivity contribution in [1.29, 1.82) is 0 Å². The Morgan fingerprint density at radius 1 is 1.25 bits per heavy atom. The number of benzene rings is 1. The van der Waals surface area contributed by atoms with Crippen LogP contribution in [0.15, 0.2) is 41.4 Å². The predicted molar refractivity (Wildman–Crippen MR) is 99.4 cm³/mol. The first-order chi connectivity index (χ1) is 13.1. The number of hydrogen-bond donors (Lipinski definition) is 1. The van der Waals surface area contributed by atoms with E-state index in [0.717, 1.165) is 4.31 Å². The van der Waals surface area contributed by atoms with Crippen LogP contribution in [0.1, 0.15) is 23.0 Å². The van der Waals surface area contributed by atoms with Gasteiger partial charge < -0.3 is 14.6 Å². The Bertz CT molecular complexity index is 954. The van der Waals surface area contributed by atoms with Gasteiger partial charge in [-0.25, -0.2) is 17.6 Å². The lowest BCUT2D eigenvalue weighted by Crippen LogP contribution is -2.38. The van der Waals surface area contributed by atoms with Gasteiger partial charge in [-0.3, -0.25) is 4.79 Å². The monoisotopic (exact) mass is 411 g/mol. The predicted octanol–water partition coefficient (Wildman–Crippen LogP) is 1.28. The Hall–Kier alpha value is -2.72. The number of nitrogens with zero attached hydrogens (tertiary/aromatic N) is 2. The zero-order valence-corrected chi connectivity index (χ0v) is 16.6. The van der Waals surface area contributed by atoms with Crippen molar-refractivity contribution in [3.05, 3.63) is 53.6 Å². The van der Waals surface area contributed by atoms with Gasteiger partial charge in [-0.1, -0.05) is 12.1 Å². The summed E-state index contributed by atoms with van der Waals surface area (Å²) in [4.78, 5) is 23.8. The summed E-state index contributed by atoms with van der Waals surface area (Å²) >= 11 is 0. The molecule has 152 valence electrons. The van der Waals surface area contributed by atoms with Gasteiger partial charge in [0.1, 0.15) is 16.4 Å². The van der Waals surface area contributed by atoms with Crippen LogP contribution < -0.4 is 5.32 Å². The number of halogens is 1. The second-order valence-electron chi connectivity index (χ2n) is 6.06. The Morgan fingerprint density at radius 2 is 1.89 bits per heavy atom. The fraction of sp³-hybridized carbons (Fsp3) is 0.333. The number of aromatic nitrogens is 1. The molecule has 1 heterocycles. The molecule has 1 N–H and O–H groups in total. The van der Waals surface area contributed by atoms with Crippen LogP contribution in [0.25, 0.3) is 0 Å². The maximum Gasteiger partial charge on any atom is 0.354 e. The minimum atomic E-state index is -3.98. The minimum Gasteiger partial charge on any atom is -0.461 e.